The number of nitrogens with one attached hydrogen (secondary N) is 1. The second-order valence-corrected chi connectivity index (χ2v) is 2.27. The molecule has 0 bridgehead atoms. The normalized spacial score (nSPS) is 10.1. The van der Waals surface area contributed by atoms with Crippen molar-refractivity contribution >= 4 is 0 Å². The van der Waals surface area contributed by atoms with Crippen molar-refractivity contribution in [3.63, 3.8) is 0 Å². The van der Waals surface area contributed by atoms with Gasteiger partial charge >= 0.3 is 0 Å². The van der Waals surface area contributed by atoms with Gasteiger partial charge in [0.05, 0.1) is 0 Å². The smallest absolute Gasteiger partial charge is 0.00359 e. The minimum atomic E-state index is 1.18. The van der Waals surface area contributed by atoms with Gasteiger partial charge in [-0.1, -0.05) is 32.4 Å². The predicted molar refractivity (Wildman–Crippen MR) is 46.6 cm³/mol. The molecule has 0 aromatic rings. The first kappa shape index (κ1) is 9.28. The van der Waals surface area contributed by atoms with Crippen molar-refractivity contribution in [3.05, 3.63) is 25.1 Å². The summed E-state index contributed by atoms with van der Waals surface area (Å²) in [6, 6.07) is 0. The summed E-state index contributed by atoms with van der Waals surface area (Å²) in [7, 11) is 0. The molecule has 0 unspecified atom stereocenters. The Morgan fingerprint density at radius 1 is 1.40 bits per heavy atom. The van der Waals surface area contributed by atoms with Crippen LogP contribution in [0, 0.1) is 0 Å². The quantitative estimate of drug-likeness (QED) is 0.558. The van der Waals surface area contributed by atoms with Crippen molar-refractivity contribution in [2.24, 2.45) is 0 Å². The van der Waals surface area contributed by atoms with E-state index in [4.69, 9.17) is 0 Å². The Hall–Kier alpha value is -0.720. The SMILES string of the molecule is C=CNC=CCCCCC. The fourth-order valence-corrected chi connectivity index (χ4v) is 0.732. The molecule has 10 heavy (non-hydrogen) atoms. The molecule has 0 aliphatic rings. The molecule has 0 saturated heterocycles. The Morgan fingerprint density at radius 3 is 2.80 bits per heavy atom. The molecule has 0 fully saturated rings. The van der Waals surface area contributed by atoms with Crippen molar-refractivity contribution < 1.29 is 0 Å². The summed E-state index contributed by atoms with van der Waals surface area (Å²) in [5.41, 5.74) is 0. The zero-order valence-corrected chi connectivity index (χ0v) is 6.77. The fraction of sp³-hybridized carbons (Fsp3) is 0.556. The van der Waals surface area contributed by atoms with E-state index in [9.17, 15) is 0 Å². The van der Waals surface area contributed by atoms with Crippen LogP contribution in [0.1, 0.15) is 32.6 Å². The van der Waals surface area contributed by atoms with E-state index in [1.165, 1.54) is 25.7 Å². The van der Waals surface area contributed by atoms with Gasteiger partial charge < -0.3 is 5.32 Å². The van der Waals surface area contributed by atoms with Crippen LogP contribution < -0.4 is 5.32 Å². The monoisotopic (exact) mass is 139 g/mol. The zero-order chi connectivity index (χ0) is 7.66. The highest BCUT2D eigenvalue weighted by Gasteiger charge is 1.79. The molecule has 58 valence electrons. The third-order valence-electron chi connectivity index (χ3n) is 1.31. The average Bonchev–Trinajstić information content (AvgIpc) is 1.97. The van der Waals surface area contributed by atoms with Gasteiger partial charge in [0, 0.05) is 0 Å². The summed E-state index contributed by atoms with van der Waals surface area (Å²) in [5.74, 6) is 0. The molecule has 1 nitrogen and oxygen atoms in total. The Morgan fingerprint density at radius 2 is 2.20 bits per heavy atom. The molecular weight excluding hydrogens is 122 g/mol. The Kier molecular flexibility index (Phi) is 7.68. The molecule has 0 spiro atoms. The fourth-order valence-electron chi connectivity index (χ4n) is 0.732. The molecule has 0 radical (unpaired) electrons. The Bertz CT molecular complexity index is 94.9. The van der Waals surface area contributed by atoms with Crippen molar-refractivity contribution in [2.75, 3.05) is 0 Å². The minimum Gasteiger partial charge on any atom is -0.369 e. The molecule has 0 amide bonds. The van der Waals surface area contributed by atoms with Gasteiger partial charge in [-0.2, -0.15) is 0 Å². The summed E-state index contributed by atoms with van der Waals surface area (Å²) in [4.78, 5) is 0. The number of hydrogen-bond acceptors (Lipinski definition) is 1. The van der Waals surface area contributed by atoms with E-state index >= 15 is 0 Å². The number of allylic oxidation sites excluding steroid dienone is 1. The van der Waals surface area contributed by atoms with Crippen LogP contribution in [-0.2, 0) is 0 Å². The number of hydrogen-bond donors (Lipinski definition) is 1. The third kappa shape index (κ3) is 7.28. The standard InChI is InChI=1S/C9H17N/c1-3-5-6-7-8-9-10-4-2/h4,8-10H,2-3,5-7H2,1H3. The summed E-state index contributed by atoms with van der Waals surface area (Å²) < 4.78 is 0. The van der Waals surface area contributed by atoms with Crippen LogP contribution in [0.3, 0.4) is 0 Å². The van der Waals surface area contributed by atoms with Gasteiger partial charge in [0.2, 0.25) is 0 Å². The average molecular weight is 139 g/mol. The summed E-state index contributed by atoms with van der Waals surface area (Å²) in [6.45, 7) is 5.75. The number of rotatable bonds is 6. The van der Waals surface area contributed by atoms with Gasteiger partial charge in [0.1, 0.15) is 0 Å². The van der Waals surface area contributed by atoms with Crippen molar-refractivity contribution in [3.8, 4) is 0 Å². The zero-order valence-electron chi connectivity index (χ0n) is 6.77. The summed E-state index contributed by atoms with van der Waals surface area (Å²) in [5, 5.41) is 2.91. The Labute approximate surface area is 63.8 Å². The maximum absolute atomic E-state index is 3.53. The van der Waals surface area contributed by atoms with Crippen molar-refractivity contribution in [2.45, 2.75) is 32.6 Å². The highest BCUT2D eigenvalue weighted by atomic mass is 14.8. The van der Waals surface area contributed by atoms with Crippen LogP contribution >= 0.6 is 0 Å². The lowest BCUT2D eigenvalue weighted by molar-refractivity contribution is 0.728. The van der Waals surface area contributed by atoms with Crippen LogP contribution in [-0.4, -0.2) is 0 Å². The van der Waals surface area contributed by atoms with E-state index in [1.54, 1.807) is 6.20 Å². The van der Waals surface area contributed by atoms with Crippen LogP contribution in [0.25, 0.3) is 0 Å². The molecule has 0 saturated carbocycles. The third-order valence-corrected chi connectivity index (χ3v) is 1.31. The second-order valence-electron chi connectivity index (χ2n) is 2.27. The molecule has 0 atom stereocenters. The molecule has 0 aromatic heterocycles. The molecule has 1 heteroatoms. The largest absolute Gasteiger partial charge is 0.369 e. The van der Waals surface area contributed by atoms with E-state index in [0.29, 0.717) is 0 Å². The molecular formula is C9H17N. The highest BCUT2D eigenvalue weighted by Crippen LogP contribution is 1.98. The lowest BCUT2D eigenvalue weighted by atomic mass is 10.2. The Balaban J connectivity index is 2.94. The van der Waals surface area contributed by atoms with Crippen LogP contribution in [0.2, 0.25) is 0 Å². The lowest BCUT2D eigenvalue weighted by Crippen LogP contribution is -1.88. The second kappa shape index (κ2) is 8.28. The molecule has 0 aromatic carbocycles. The molecule has 0 aliphatic carbocycles. The van der Waals surface area contributed by atoms with Crippen molar-refractivity contribution in [1.82, 2.24) is 5.32 Å². The lowest BCUT2D eigenvalue weighted by Gasteiger charge is -1.91. The maximum Gasteiger partial charge on any atom is -0.00359 e. The van der Waals surface area contributed by atoms with Crippen LogP contribution in [0.5, 0.6) is 0 Å². The molecule has 0 aliphatic heterocycles. The van der Waals surface area contributed by atoms with Crippen molar-refractivity contribution in [1.29, 1.82) is 0 Å². The van der Waals surface area contributed by atoms with Gasteiger partial charge in [-0.15, -0.1) is 0 Å². The van der Waals surface area contributed by atoms with E-state index < -0.39 is 0 Å². The first-order valence-corrected chi connectivity index (χ1v) is 3.93. The first-order valence-electron chi connectivity index (χ1n) is 3.93. The van der Waals surface area contributed by atoms with E-state index in [1.807, 2.05) is 6.20 Å². The molecule has 0 heterocycles. The first-order chi connectivity index (χ1) is 4.91. The van der Waals surface area contributed by atoms with Gasteiger partial charge in [0.25, 0.3) is 0 Å². The molecule has 0 rings (SSSR count). The topological polar surface area (TPSA) is 12.0 Å². The minimum absolute atomic E-state index is 1.18. The van der Waals surface area contributed by atoms with E-state index in [-0.39, 0.29) is 0 Å². The van der Waals surface area contributed by atoms with Gasteiger partial charge in [-0.05, 0) is 25.2 Å². The number of unbranched alkanes of at least 4 members (excludes halogenated alkanes) is 3. The maximum atomic E-state index is 3.53. The van der Waals surface area contributed by atoms with Gasteiger partial charge in [-0.25, -0.2) is 0 Å². The van der Waals surface area contributed by atoms with E-state index in [0.717, 1.165) is 0 Å². The van der Waals surface area contributed by atoms with Gasteiger partial charge in [-0.3, -0.25) is 0 Å². The predicted octanol–water partition coefficient (Wildman–Crippen LogP) is 2.81. The summed E-state index contributed by atoms with van der Waals surface area (Å²) in [6.07, 6.45) is 10.8. The van der Waals surface area contributed by atoms with Crippen LogP contribution in [0.4, 0.5) is 0 Å². The van der Waals surface area contributed by atoms with Crippen LogP contribution in [0.15, 0.2) is 25.1 Å². The summed E-state index contributed by atoms with van der Waals surface area (Å²) >= 11 is 0. The van der Waals surface area contributed by atoms with E-state index in [2.05, 4.69) is 24.9 Å². The molecule has 1 N–H and O–H groups in total. The highest BCUT2D eigenvalue weighted by molar-refractivity contribution is 4.83. The van der Waals surface area contributed by atoms with Gasteiger partial charge in [0.15, 0.2) is 0 Å².